The maximum Gasteiger partial charge on any atom is 0.124 e. The van der Waals surface area contributed by atoms with Crippen molar-refractivity contribution in [3.05, 3.63) is 41.9 Å². The average molecular weight is 242 g/mol. The molecule has 0 saturated carbocycles. The smallest absolute Gasteiger partial charge is 0.124 e. The lowest BCUT2D eigenvalue weighted by Gasteiger charge is -2.25. The van der Waals surface area contributed by atoms with Crippen LogP contribution in [-0.2, 0) is 6.54 Å². The molecule has 2 aromatic rings. The van der Waals surface area contributed by atoms with Crippen LogP contribution in [0, 0.1) is 0 Å². The van der Waals surface area contributed by atoms with Crippen LogP contribution in [0.5, 0.6) is 0 Å². The fourth-order valence-corrected chi connectivity index (χ4v) is 2.36. The summed E-state index contributed by atoms with van der Waals surface area (Å²) in [5.74, 6) is 2.09. The second-order valence-corrected chi connectivity index (χ2v) is 5.15. The first-order valence-corrected chi connectivity index (χ1v) is 6.45. The van der Waals surface area contributed by atoms with Gasteiger partial charge < -0.3 is 5.32 Å². The van der Waals surface area contributed by atoms with E-state index in [1.807, 2.05) is 12.4 Å². The van der Waals surface area contributed by atoms with Gasteiger partial charge in [0.2, 0.25) is 0 Å². The molecule has 0 fully saturated rings. The summed E-state index contributed by atoms with van der Waals surface area (Å²) in [7, 11) is 0. The summed E-state index contributed by atoms with van der Waals surface area (Å²) in [4.78, 5) is 4.07. The van der Waals surface area contributed by atoms with E-state index < -0.39 is 0 Å². The number of nitrogens with zero attached hydrogens (tertiary/aromatic N) is 3. The Morgan fingerprint density at radius 1 is 1.33 bits per heavy atom. The van der Waals surface area contributed by atoms with Gasteiger partial charge in [-0.3, -0.25) is 4.98 Å². The summed E-state index contributed by atoms with van der Waals surface area (Å²) < 4.78 is 2.09. The molecule has 1 unspecified atom stereocenters. The van der Waals surface area contributed by atoms with Gasteiger partial charge in [-0.15, -0.1) is 0 Å². The van der Waals surface area contributed by atoms with Gasteiger partial charge >= 0.3 is 0 Å². The number of pyridine rings is 1. The largest absolute Gasteiger partial charge is 0.370 e. The zero-order valence-corrected chi connectivity index (χ0v) is 10.8. The Hall–Kier alpha value is -1.84. The molecule has 4 nitrogen and oxygen atoms in total. The van der Waals surface area contributed by atoms with Crippen LogP contribution in [0.15, 0.2) is 30.6 Å². The minimum atomic E-state index is 0.473. The van der Waals surface area contributed by atoms with Crippen molar-refractivity contribution in [3.8, 4) is 0 Å². The maximum absolute atomic E-state index is 4.66. The van der Waals surface area contributed by atoms with E-state index in [1.165, 1.54) is 5.56 Å². The number of aromatic nitrogens is 3. The Morgan fingerprint density at radius 2 is 2.11 bits per heavy atom. The van der Waals surface area contributed by atoms with Crippen LogP contribution in [0.4, 0.5) is 5.82 Å². The summed E-state index contributed by atoms with van der Waals surface area (Å²) in [6.45, 7) is 6.26. The van der Waals surface area contributed by atoms with Crippen LogP contribution in [0.2, 0.25) is 0 Å². The summed E-state index contributed by atoms with van der Waals surface area (Å²) in [6.07, 6.45) is 3.71. The van der Waals surface area contributed by atoms with E-state index in [-0.39, 0.29) is 0 Å². The van der Waals surface area contributed by atoms with Crippen LogP contribution in [0.25, 0.3) is 0 Å². The van der Waals surface area contributed by atoms with E-state index in [9.17, 15) is 0 Å². The standard InChI is InChI=1S/C14H18N4/c1-10(2)13-7-14-16-8-12(9-18(14)17-13)11-3-5-15-6-4-11/h3-7,10,12,16H,8-9H2,1-2H3. The number of fused-ring (bicyclic) bond motifs is 1. The molecule has 0 radical (unpaired) electrons. The summed E-state index contributed by atoms with van der Waals surface area (Å²) >= 11 is 0. The lowest BCUT2D eigenvalue weighted by atomic mass is 9.99. The molecule has 0 spiro atoms. The van der Waals surface area contributed by atoms with Crippen molar-refractivity contribution < 1.29 is 0 Å². The first kappa shape index (κ1) is 11.3. The third-order valence-electron chi connectivity index (χ3n) is 3.49. The Bertz CT molecular complexity index is 530. The molecule has 0 amide bonds. The van der Waals surface area contributed by atoms with Gasteiger partial charge in [-0.25, -0.2) is 4.68 Å². The van der Waals surface area contributed by atoms with Crippen LogP contribution >= 0.6 is 0 Å². The molecule has 3 heterocycles. The van der Waals surface area contributed by atoms with Gasteiger partial charge in [0.05, 0.1) is 12.2 Å². The lowest BCUT2D eigenvalue weighted by molar-refractivity contribution is 0.499. The molecule has 2 aromatic heterocycles. The molecule has 4 heteroatoms. The molecular weight excluding hydrogens is 224 g/mol. The van der Waals surface area contributed by atoms with E-state index >= 15 is 0 Å². The van der Waals surface area contributed by atoms with E-state index in [1.54, 1.807) is 0 Å². The summed E-state index contributed by atoms with van der Waals surface area (Å²) in [5.41, 5.74) is 2.48. The first-order chi connectivity index (χ1) is 8.74. The van der Waals surface area contributed by atoms with Crippen molar-refractivity contribution in [2.24, 2.45) is 0 Å². The number of anilines is 1. The van der Waals surface area contributed by atoms with E-state index in [0.29, 0.717) is 11.8 Å². The molecule has 1 aliphatic heterocycles. The summed E-state index contributed by atoms with van der Waals surface area (Å²) in [5, 5.41) is 8.13. The van der Waals surface area contributed by atoms with Gasteiger partial charge in [0, 0.05) is 30.9 Å². The predicted molar refractivity (Wildman–Crippen MR) is 71.8 cm³/mol. The molecule has 1 aliphatic rings. The highest BCUT2D eigenvalue weighted by atomic mass is 15.3. The molecule has 0 saturated heterocycles. The van der Waals surface area contributed by atoms with Gasteiger partial charge in [-0.2, -0.15) is 5.10 Å². The van der Waals surface area contributed by atoms with E-state index in [4.69, 9.17) is 0 Å². The molecule has 18 heavy (non-hydrogen) atoms. The quantitative estimate of drug-likeness (QED) is 0.880. The third kappa shape index (κ3) is 1.98. The van der Waals surface area contributed by atoms with Crippen LogP contribution in [0.3, 0.4) is 0 Å². The number of nitrogens with one attached hydrogen (secondary N) is 1. The van der Waals surface area contributed by atoms with Gasteiger partial charge in [0.1, 0.15) is 5.82 Å². The van der Waals surface area contributed by atoms with Crippen molar-refractivity contribution >= 4 is 5.82 Å². The van der Waals surface area contributed by atoms with Crippen molar-refractivity contribution in [3.63, 3.8) is 0 Å². The van der Waals surface area contributed by atoms with E-state index in [0.717, 1.165) is 24.6 Å². The van der Waals surface area contributed by atoms with E-state index in [2.05, 4.69) is 52.1 Å². The zero-order chi connectivity index (χ0) is 12.5. The molecule has 0 aromatic carbocycles. The minimum absolute atomic E-state index is 0.473. The minimum Gasteiger partial charge on any atom is -0.370 e. The third-order valence-corrected chi connectivity index (χ3v) is 3.49. The Balaban J connectivity index is 1.85. The topological polar surface area (TPSA) is 42.7 Å². The second kappa shape index (κ2) is 4.44. The monoisotopic (exact) mass is 242 g/mol. The van der Waals surface area contributed by atoms with Crippen LogP contribution < -0.4 is 5.32 Å². The molecule has 94 valence electrons. The molecule has 1 atom stereocenters. The Kier molecular flexibility index (Phi) is 2.78. The average Bonchev–Trinajstić information content (AvgIpc) is 2.82. The molecule has 0 bridgehead atoms. The number of rotatable bonds is 2. The Morgan fingerprint density at radius 3 is 2.83 bits per heavy atom. The van der Waals surface area contributed by atoms with Crippen LogP contribution in [0.1, 0.15) is 36.9 Å². The van der Waals surface area contributed by atoms with Gasteiger partial charge in [-0.1, -0.05) is 13.8 Å². The zero-order valence-electron chi connectivity index (χ0n) is 10.8. The van der Waals surface area contributed by atoms with Crippen molar-refractivity contribution in [2.45, 2.75) is 32.2 Å². The highest BCUT2D eigenvalue weighted by Crippen LogP contribution is 2.27. The fraction of sp³-hybridized carbons (Fsp3) is 0.429. The normalized spacial score (nSPS) is 18.5. The highest BCUT2D eigenvalue weighted by Gasteiger charge is 2.21. The van der Waals surface area contributed by atoms with Crippen molar-refractivity contribution in [2.75, 3.05) is 11.9 Å². The predicted octanol–water partition coefficient (Wildman–Crippen LogP) is 2.61. The molecular formula is C14H18N4. The maximum atomic E-state index is 4.66. The fourth-order valence-electron chi connectivity index (χ4n) is 2.36. The molecule has 1 N–H and O–H groups in total. The van der Waals surface area contributed by atoms with Gasteiger partial charge in [-0.05, 0) is 23.6 Å². The Labute approximate surface area is 107 Å². The van der Waals surface area contributed by atoms with Crippen LogP contribution in [-0.4, -0.2) is 21.3 Å². The second-order valence-electron chi connectivity index (χ2n) is 5.15. The number of hydrogen-bond donors (Lipinski definition) is 1. The SMILES string of the molecule is CC(C)c1cc2n(n1)CC(c1ccncc1)CN2. The summed E-state index contributed by atoms with van der Waals surface area (Å²) in [6, 6.07) is 6.34. The van der Waals surface area contributed by atoms with Crippen molar-refractivity contribution in [1.82, 2.24) is 14.8 Å². The number of hydrogen-bond acceptors (Lipinski definition) is 3. The molecule has 0 aliphatic carbocycles. The van der Waals surface area contributed by atoms with Crippen molar-refractivity contribution in [1.29, 1.82) is 0 Å². The van der Waals surface area contributed by atoms with Gasteiger partial charge in [0.25, 0.3) is 0 Å². The first-order valence-electron chi connectivity index (χ1n) is 6.45. The van der Waals surface area contributed by atoms with Gasteiger partial charge in [0.15, 0.2) is 0 Å². The highest BCUT2D eigenvalue weighted by molar-refractivity contribution is 5.41. The molecule has 3 rings (SSSR count). The lowest BCUT2D eigenvalue weighted by Crippen LogP contribution is -2.26.